The Bertz CT molecular complexity index is 515. The van der Waals surface area contributed by atoms with Crippen LogP contribution < -0.4 is 16.4 Å². The second-order valence-electron chi connectivity index (χ2n) is 5.92. The van der Waals surface area contributed by atoms with Gasteiger partial charge in [0.25, 0.3) is 5.91 Å². The summed E-state index contributed by atoms with van der Waals surface area (Å²) < 4.78 is 0. The minimum Gasteiger partial charge on any atom is -0.393 e. The summed E-state index contributed by atoms with van der Waals surface area (Å²) in [5.74, 6) is 0.408. The number of nitrogens with zero attached hydrogens (tertiary/aromatic N) is 2. The molecule has 1 aromatic rings. The molecule has 7 nitrogen and oxygen atoms in total. The molecule has 1 aliphatic rings. The largest absolute Gasteiger partial charge is 0.393 e. The van der Waals surface area contributed by atoms with Crippen molar-refractivity contribution < 1.29 is 9.90 Å². The van der Waals surface area contributed by atoms with Crippen LogP contribution in [0, 0.1) is 0 Å². The SMILES string of the molecule is CC[C@H](C)Nc1nc(N[C@H]2CC[C@H](O)CC2)ncc1C(N)=O. The van der Waals surface area contributed by atoms with Gasteiger partial charge in [-0.05, 0) is 39.0 Å². The Kier molecular flexibility index (Phi) is 5.54. The predicted octanol–water partition coefficient (Wildman–Crippen LogP) is 1.50. The lowest BCUT2D eigenvalue weighted by atomic mass is 9.93. The van der Waals surface area contributed by atoms with E-state index in [9.17, 15) is 9.90 Å². The number of nitrogens with two attached hydrogens (primary N) is 1. The Labute approximate surface area is 130 Å². The van der Waals surface area contributed by atoms with E-state index in [2.05, 4.69) is 27.5 Å². The Hall–Kier alpha value is -1.89. The van der Waals surface area contributed by atoms with E-state index in [4.69, 9.17) is 5.73 Å². The fraction of sp³-hybridized carbons (Fsp3) is 0.667. The molecule has 1 aliphatic carbocycles. The van der Waals surface area contributed by atoms with Gasteiger partial charge in [0.1, 0.15) is 5.82 Å². The number of hydrogen-bond donors (Lipinski definition) is 4. The molecule has 0 spiro atoms. The molecule has 5 N–H and O–H groups in total. The third-order valence-corrected chi connectivity index (χ3v) is 4.08. The number of aromatic nitrogens is 2. The van der Waals surface area contributed by atoms with Crippen LogP contribution in [0.15, 0.2) is 6.20 Å². The molecule has 1 atom stereocenters. The molecular weight excluding hydrogens is 282 g/mol. The molecule has 122 valence electrons. The van der Waals surface area contributed by atoms with E-state index in [1.807, 2.05) is 6.92 Å². The van der Waals surface area contributed by atoms with Crippen molar-refractivity contribution in [1.82, 2.24) is 9.97 Å². The van der Waals surface area contributed by atoms with Gasteiger partial charge in [-0.25, -0.2) is 4.98 Å². The number of carbonyl (C=O) groups is 1. The molecule has 0 saturated heterocycles. The van der Waals surface area contributed by atoms with Gasteiger partial charge in [0.05, 0.1) is 11.7 Å². The number of amides is 1. The van der Waals surface area contributed by atoms with Crippen molar-refractivity contribution >= 4 is 17.7 Å². The van der Waals surface area contributed by atoms with Gasteiger partial charge in [0.2, 0.25) is 5.95 Å². The molecule has 7 heteroatoms. The Balaban J connectivity index is 2.11. The fourth-order valence-electron chi connectivity index (χ4n) is 2.48. The third-order valence-electron chi connectivity index (χ3n) is 4.08. The topological polar surface area (TPSA) is 113 Å². The van der Waals surface area contributed by atoms with Crippen LogP contribution in [0.5, 0.6) is 0 Å². The average Bonchev–Trinajstić information content (AvgIpc) is 2.49. The van der Waals surface area contributed by atoms with Crippen LogP contribution in [-0.2, 0) is 0 Å². The first-order valence-corrected chi connectivity index (χ1v) is 7.87. The molecule has 0 bridgehead atoms. The maximum Gasteiger partial charge on any atom is 0.254 e. The first-order valence-electron chi connectivity index (χ1n) is 7.87. The average molecular weight is 307 g/mol. The molecule has 0 unspecified atom stereocenters. The highest BCUT2D eigenvalue weighted by atomic mass is 16.3. The Morgan fingerprint density at radius 3 is 2.73 bits per heavy atom. The lowest BCUT2D eigenvalue weighted by Crippen LogP contribution is -2.29. The number of nitrogens with one attached hydrogen (secondary N) is 2. The van der Waals surface area contributed by atoms with Gasteiger partial charge in [0, 0.05) is 18.3 Å². The van der Waals surface area contributed by atoms with Crippen LogP contribution in [0.1, 0.15) is 56.3 Å². The molecule has 22 heavy (non-hydrogen) atoms. The smallest absolute Gasteiger partial charge is 0.254 e. The lowest BCUT2D eigenvalue weighted by molar-refractivity contribution is 0.100. The Morgan fingerprint density at radius 1 is 1.45 bits per heavy atom. The van der Waals surface area contributed by atoms with Crippen molar-refractivity contribution in [2.24, 2.45) is 5.73 Å². The van der Waals surface area contributed by atoms with E-state index in [1.54, 1.807) is 0 Å². The maximum atomic E-state index is 11.5. The third kappa shape index (κ3) is 4.30. The highest BCUT2D eigenvalue weighted by Crippen LogP contribution is 2.22. The summed E-state index contributed by atoms with van der Waals surface area (Å²) in [6.07, 6.45) is 5.51. The van der Waals surface area contributed by atoms with Crippen molar-refractivity contribution in [2.45, 2.75) is 64.1 Å². The molecular formula is C15H25N5O2. The zero-order chi connectivity index (χ0) is 16.1. The summed E-state index contributed by atoms with van der Waals surface area (Å²) in [5.41, 5.74) is 5.67. The van der Waals surface area contributed by atoms with E-state index in [-0.39, 0.29) is 18.2 Å². The molecule has 0 aromatic carbocycles. The zero-order valence-electron chi connectivity index (χ0n) is 13.2. The van der Waals surface area contributed by atoms with Crippen molar-refractivity contribution in [3.8, 4) is 0 Å². The summed E-state index contributed by atoms with van der Waals surface area (Å²) in [5, 5.41) is 16.0. The molecule has 1 fully saturated rings. The molecule has 1 aromatic heterocycles. The van der Waals surface area contributed by atoms with Crippen LogP contribution in [0.3, 0.4) is 0 Å². The molecule has 1 amide bonds. The summed E-state index contributed by atoms with van der Waals surface area (Å²) in [6, 6.07) is 0.435. The summed E-state index contributed by atoms with van der Waals surface area (Å²) in [6.45, 7) is 4.07. The maximum absolute atomic E-state index is 11.5. The van der Waals surface area contributed by atoms with Crippen molar-refractivity contribution in [3.05, 3.63) is 11.8 Å². The van der Waals surface area contributed by atoms with Crippen LogP contribution in [0.25, 0.3) is 0 Å². The molecule has 0 aliphatic heterocycles. The van der Waals surface area contributed by atoms with Gasteiger partial charge in [-0.15, -0.1) is 0 Å². The zero-order valence-corrected chi connectivity index (χ0v) is 13.2. The lowest BCUT2D eigenvalue weighted by Gasteiger charge is -2.26. The van der Waals surface area contributed by atoms with Gasteiger partial charge in [-0.3, -0.25) is 4.79 Å². The van der Waals surface area contributed by atoms with Crippen molar-refractivity contribution in [3.63, 3.8) is 0 Å². The standard InChI is InChI=1S/C15H25N5O2/c1-3-9(2)18-14-12(13(16)22)8-17-15(20-14)19-10-4-6-11(21)7-5-10/h8-11,21H,3-7H2,1-2H3,(H2,16,22)(H2,17,18,19,20)/t9-,10-,11-/m0/s1. The van der Waals surface area contributed by atoms with E-state index >= 15 is 0 Å². The normalized spacial score (nSPS) is 22.9. The number of aliphatic hydroxyl groups excluding tert-OH is 1. The van der Waals surface area contributed by atoms with E-state index in [1.165, 1.54) is 6.20 Å². The number of aliphatic hydroxyl groups is 1. The molecule has 1 heterocycles. The van der Waals surface area contributed by atoms with Gasteiger partial charge in [-0.2, -0.15) is 4.98 Å². The molecule has 0 radical (unpaired) electrons. The number of primary amides is 1. The summed E-state index contributed by atoms with van der Waals surface area (Å²) in [7, 11) is 0. The molecule has 1 saturated carbocycles. The van der Waals surface area contributed by atoms with Gasteiger partial charge < -0.3 is 21.5 Å². The Morgan fingerprint density at radius 2 is 2.14 bits per heavy atom. The highest BCUT2D eigenvalue weighted by Gasteiger charge is 2.21. The van der Waals surface area contributed by atoms with Crippen LogP contribution >= 0.6 is 0 Å². The van der Waals surface area contributed by atoms with Crippen LogP contribution in [0.2, 0.25) is 0 Å². The quantitative estimate of drug-likeness (QED) is 0.633. The van der Waals surface area contributed by atoms with E-state index in [0.717, 1.165) is 32.1 Å². The van der Waals surface area contributed by atoms with Crippen LogP contribution in [-0.4, -0.2) is 39.2 Å². The predicted molar refractivity (Wildman–Crippen MR) is 85.8 cm³/mol. The minimum atomic E-state index is -0.543. The first-order chi connectivity index (χ1) is 10.5. The van der Waals surface area contributed by atoms with Gasteiger partial charge in [-0.1, -0.05) is 6.92 Å². The highest BCUT2D eigenvalue weighted by molar-refractivity contribution is 5.97. The van der Waals surface area contributed by atoms with Crippen molar-refractivity contribution in [1.29, 1.82) is 0 Å². The van der Waals surface area contributed by atoms with E-state index < -0.39 is 5.91 Å². The van der Waals surface area contributed by atoms with Crippen LogP contribution in [0.4, 0.5) is 11.8 Å². The van der Waals surface area contributed by atoms with Gasteiger partial charge >= 0.3 is 0 Å². The summed E-state index contributed by atoms with van der Waals surface area (Å²) >= 11 is 0. The fourth-order valence-corrected chi connectivity index (χ4v) is 2.48. The summed E-state index contributed by atoms with van der Waals surface area (Å²) in [4.78, 5) is 20.1. The number of carbonyl (C=O) groups excluding carboxylic acids is 1. The molecule has 2 rings (SSSR count). The first kappa shape index (κ1) is 16.5. The number of anilines is 2. The number of rotatable bonds is 6. The minimum absolute atomic E-state index is 0.186. The van der Waals surface area contributed by atoms with Crippen molar-refractivity contribution in [2.75, 3.05) is 10.6 Å². The van der Waals surface area contributed by atoms with E-state index in [0.29, 0.717) is 17.3 Å². The second kappa shape index (κ2) is 7.40. The monoisotopic (exact) mass is 307 g/mol. The second-order valence-corrected chi connectivity index (χ2v) is 5.92. The van der Waals surface area contributed by atoms with Gasteiger partial charge in [0.15, 0.2) is 0 Å². The number of hydrogen-bond acceptors (Lipinski definition) is 6.